The molecule has 2 nitrogen and oxygen atoms in total. The van der Waals surface area contributed by atoms with Crippen molar-refractivity contribution in [2.45, 2.75) is 32.2 Å². The zero-order chi connectivity index (χ0) is 12.1. The quantitative estimate of drug-likeness (QED) is 0.864. The topological polar surface area (TPSA) is 23.5 Å². The van der Waals surface area contributed by atoms with Crippen molar-refractivity contribution in [3.63, 3.8) is 0 Å². The molecule has 0 bridgehead atoms. The Hall–Kier alpha value is -0.860. The molecule has 17 heavy (non-hydrogen) atoms. The Morgan fingerprint density at radius 3 is 2.76 bits per heavy atom. The molecule has 0 aliphatic carbocycles. The van der Waals surface area contributed by atoms with Gasteiger partial charge < -0.3 is 5.11 Å². The van der Waals surface area contributed by atoms with Crippen molar-refractivity contribution in [1.82, 2.24) is 4.90 Å². The number of hydrogen-bond donors (Lipinski definition) is 1. The normalized spacial score (nSPS) is 23.5. The van der Waals surface area contributed by atoms with Crippen molar-refractivity contribution in [2.24, 2.45) is 5.92 Å². The van der Waals surface area contributed by atoms with Crippen molar-refractivity contribution in [1.29, 1.82) is 0 Å². The summed E-state index contributed by atoms with van der Waals surface area (Å²) in [5.74, 6) is 0.807. The Kier molecular flexibility index (Phi) is 4.57. The second-order valence-electron chi connectivity index (χ2n) is 5.02. The maximum atomic E-state index is 9.65. The van der Waals surface area contributed by atoms with Gasteiger partial charge in [0.15, 0.2) is 0 Å². The van der Waals surface area contributed by atoms with Crippen LogP contribution in [0.3, 0.4) is 0 Å². The Labute approximate surface area is 104 Å². The molecule has 0 unspecified atom stereocenters. The number of aliphatic hydroxyl groups excluding tert-OH is 1. The van der Waals surface area contributed by atoms with E-state index in [0.29, 0.717) is 0 Å². The van der Waals surface area contributed by atoms with Crippen molar-refractivity contribution in [3.05, 3.63) is 35.9 Å². The van der Waals surface area contributed by atoms with Gasteiger partial charge in [0.1, 0.15) is 0 Å². The lowest BCUT2D eigenvalue weighted by Crippen LogP contribution is -2.39. The predicted molar refractivity (Wildman–Crippen MR) is 70.9 cm³/mol. The number of likely N-dealkylation sites (tertiary alicyclic amines) is 1. The summed E-state index contributed by atoms with van der Waals surface area (Å²) in [6, 6.07) is 10.6. The summed E-state index contributed by atoms with van der Waals surface area (Å²) >= 11 is 0. The van der Waals surface area contributed by atoms with Crippen LogP contribution in [0, 0.1) is 5.92 Å². The van der Waals surface area contributed by atoms with Crippen LogP contribution in [-0.4, -0.2) is 29.7 Å². The minimum atomic E-state index is 0.186. The average molecular weight is 233 g/mol. The molecule has 2 rings (SSSR count). The van der Waals surface area contributed by atoms with Crippen molar-refractivity contribution in [3.8, 4) is 0 Å². The van der Waals surface area contributed by atoms with Gasteiger partial charge in [-0.3, -0.25) is 4.90 Å². The molecule has 0 amide bonds. The predicted octanol–water partition coefficient (Wildman–Crippen LogP) is 2.84. The maximum Gasteiger partial charge on any atom is 0.0628 e. The van der Waals surface area contributed by atoms with Gasteiger partial charge in [0.25, 0.3) is 0 Å². The Morgan fingerprint density at radius 1 is 1.35 bits per heavy atom. The number of nitrogens with zero attached hydrogens (tertiary/aromatic N) is 1. The average Bonchev–Trinajstić information content (AvgIpc) is 2.41. The van der Waals surface area contributed by atoms with E-state index >= 15 is 0 Å². The molecule has 1 saturated heterocycles. The summed E-state index contributed by atoms with van der Waals surface area (Å²) in [5, 5.41) is 9.65. The second kappa shape index (κ2) is 6.18. The van der Waals surface area contributed by atoms with E-state index < -0.39 is 0 Å². The van der Waals surface area contributed by atoms with Crippen LogP contribution < -0.4 is 0 Å². The van der Waals surface area contributed by atoms with Gasteiger partial charge >= 0.3 is 0 Å². The molecular weight excluding hydrogens is 210 g/mol. The highest BCUT2D eigenvalue weighted by molar-refractivity contribution is 5.19. The van der Waals surface area contributed by atoms with E-state index in [1.807, 2.05) is 6.07 Å². The first-order valence-corrected chi connectivity index (χ1v) is 6.75. The molecule has 1 aromatic rings. The zero-order valence-corrected chi connectivity index (χ0v) is 10.7. The first-order chi connectivity index (χ1) is 8.35. The summed E-state index contributed by atoms with van der Waals surface area (Å²) in [7, 11) is 0. The minimum absolute atomic E-state index is 0.186. The lowest BCUT2D eigenvalue weighted by atomic mass is 9.93. The van der Waals surface area contributed by atoms with Gasteiger partial charge in [0, 0.05) is 6.54 Å². The standard InChI is InChI=1S/C15H23NO/c1-2-13-7-6-10-16(11-13)15(12-17)14-8-4-3-5-9-14/h3-5,8-9,13,15,17H,2,6-7,10-12H2,1H3/t13-,15+/m1/s1. The highest BCUT2D eigenvalue weighted by Crippen LogP contribution is 2.27. The summed E-state index contributed by atoms with van der Waals surface area (Å²) in [4.78, 5) is 2.45. The van der Waals surface area contributed by atoms with Crippen LogP contribution in [0.4, 0.5) is 0 Å². The third-order valence-electron chi connectivity index (χ3n) is 3.93. The molecule has 1 aromatic carbocycles. The van der Waals surface area contributed by atoms with Gasteiger partial charge in [-0.15, -0.1) is 0 Å². The molecule has 2 heteroatoms. The van der Waals surface area contributed by atoms with E-state index in [4.69, 9.17) is 0 Å². The molecule has 0 aromatic heterocycles. The van der Waals surface area contributed by atoms with E-state index in [0.717, 1.165) is 19.0 Å². The van der Waals surface area contributed by atoms with Gasteiger partial charge in [-0.05, 0) is 30.9 Å². The van der Waals surface area contributed by atoms with Gasteiger partial charge in [-0.25, -0.2) is 0 Å². The number of benzene rings is 1. The van der Waals surface area contributed by atoms with E-state index in [2.05, 4.69) is 36.1 Å². The fourth-order valence-corrected chi connectivity index (χ4v) is 2.82. The third-order valence-corrected chi connectivity index (χ3v) is 3.93. The fraction of sp³-hybridized carbons (Fsp3) is 0.600. The number of piperidine rings is 1. The van der Waals surface area contributed by atoms with Crippen molar-refractivity contribution in [2.75, 3.05) is 19.7 Å². The SMILES string of the molecule is CC[C@@H]1CCCN([C@@H](CO)c2ccccc2)C1. The van der Waals surface area contributed by atoms with E-state index in [-0.39, 0.29) is 12.6 Å². The van der Waals surface area contributed by atoms with Gasteiger partial charge in [0.05, 0.1) is 12.6 Å². The lowest BCUT2D eigenvalue weighted by molar-refractivity contribution is 0.0785. The molecule has 1 N–H and O–H groups in total. The molecule has 94 valence electrons. The minimum Gasteiger partial charge on any atom is -0.394 e. The van der Waals surface area contributed by atoms with E-state index in [9.17, 15) is 5.11 Å². The monoisotopic (exact) mass is 233 g/mol. The number of aliphatic hydroxyl groups is 1. The first kappa shape index (κ1) is 12.6. The second-order valence-corrected chi connectivity index (χ2v) is 5.02. The summed E-state index contributed by atoms with van der Waals surface area (Å²) in [6.45, 7) is 4.75. The molecular formula is C15H23NO. The van der Waals surface area contributed by atoms with Crippen LogP contribution in [0.1, 0.15) is 37.8 Å². The Morgan fingerprint density at radius 2 is 2.12 bits per heavy atom. The van der Waals surface area contributed by atoms with E-state index in [1.165, 1.54) is 24.8 Å². The lowest BCUT2D eigenvalue weighted by Gasteiger charge is -2.37. The number of rotatable bonds is 4. The van der Waals surface area contributed by atoms with Crippen molar-refractivity contribution >= 4 is 0 Å². The molecule has 1 aliphatic heterocycles. The highest BCUT2D eigenvalue weighted by atomic mass is 16.3. The largest absolute Gasteiger partial charge is 0.394 e. The maximum absolute atomic E-state index is 9.65. The Balaban J connectivity index is 2.08. The van der Waals surface area contributed by atoms with Crippen LogP contribution >= 0.6 is 0 Å². The molecule has 0 saturated carbocycles. The van der Waals surface area contributed by atoms with Crippen LogP contribution in [-0.2, 0) is 0 Å². The first-order valence-electron chi connectivity index (χ1n) is 6.75. The molecule has 1 aliphatic rings. The van der Waals surface area contributed by atoms with Crippen molar-refractivity contribution < 1.29 is 5.11 Å². The molecule has 2 atom stereocenters. The fourth-order valence-electron chi connectivity index (χ4n) is 2.82. The van der Waals surface area contributed by atoms with Crippen LogP contribution in [0.2, 0.25) is 0 Å². The summed E-state index contributed by atoms with van der Waals surface area (Å²) in [6.07, 6.45) is 3.87. The summed E-state index contributed by atoms with van der Waals surface area (Å²) < 4.78 is 0. The third kappa shape index (κ3) is 3.08. The molecule has 0 spiro atoms. The van der Waals surface area contributed by atoms with Gasteiger partial charge in [-0.2, -0.15) is 0 Å². The highest BCUT2D eigenvalue weighted by Gasteiger charge is 2.25. The molecule has 1 fully saturated rings. The van der Waals surface area contributed by atoms with Crippen LogP contribution in [0.15, 0.2) is 30.3 Å². The summed E-state index contributed by atoms with van der Waals surface area (Å²) in [5.41, 5.74) is 1.24. The Bertz CT molecular complexity index is 325. The van der Waals surface area contributed by atoms with Crippen LogP contribution in [0.25, 0.3) is 0 Å². The van der Waals surface area contributed by atoms with Crippen LogP contribution in [0.5, 0.6) is 0 Å². The van der Waals surface area contributed by atoms with Gasteiger partial charge in [-0.1, -0.05) is 43.7 Å². The number of hydrogen-bond acceptors (Lipinski definition) is 2. The smallest absolute Gasteiger partial charge is 0.0628 e. The molecule has 1 heterocycles. The zero-order valence-electron chi connectivity index (χ0n) is 10.7. The molecule has 0 radical (unpaired) electrons. The van der Waals surface area contributed by atoms with Gasteiger partial charge in [0.2, 0.25) is 0 Å². The van der Waals surface area contributed by atoms with E-state index in [1.54, 1.807) is 0 Å².